The summed E-state index contributed by atoms with van der Waals surface area (Å²) in [6, 6.07) is 9.04. The molecule has 3 nitrogen and oxygen atoms in total. The second-order valence-electron chi connectivity index (χ2n) is 5.30. The van der Waals surface area contributed by atoms with Gasteiger partial charge in [0, 0.05) is 28.2 Å². The van der Waals surface area contributed by atoms with Crippen LogP contribution in [-0.4, -0.2) is 18.1 Å². The molecule has 1 saturated carbocycles. The number of anilines is 1. The van der Waals surface area contributed by atoms with E-state index < -0.39 is 0 Å². The van der Waals surface area contributed by atoms with Crippen molar-refractivity contribution in [2.75, 3.05) is 12.4 Å². The van der Waals surface area contributed by atoms with Crippen LogP contribution in [0.25, 0.3) is 10.8 Å². The van der Waals surface area contributed by atoms with Crippen LogP contribution >= 0.6 is 0 Å². The van der Waals surface area contributed by atoms with Crippen molar-refractivity contribution in [2.24, 2.45) is 0 Å². The van der Waals surface area contributed by atoms with E-state index in [9.17, 15) is 0 Å². The van der Waals surface area contributed by atoms with Gasteiger partial charge in [0.1, 0.15) is 0 Å². The molecule has 0 saturated heterocycles. The first-order valence-corrected chi connectivity index (χ1v) is 6.99. The van der Waals surface area contributed by atoms with Crippen LogP contribution in [0.4, 0.5) is 5.69 Å². The maximum absolute atomic E-state index is 5.39. The molecule has 0 radical (unpaired) electrons. The highest BCUT2D eigenvalue weighted by atomic mass is 16.5. The molecule has 3 heteroatoms. The van der Waals surface area contributed by atoms with Gasteiger partial charge >= 0.3 is 0 Å². The van der Waals surface area contributed by atoms with Gasteiger partial charge in [0.05, 0.1) is 7.11 Å². The monoisotopic (exact) mass is 256 g/mol. The molecule has 1 aliphatic carbocycles. The third kappa shape index (κ3) is 2.37. The van der Waals surface area contributed by atoms with E-state index in [-0.39, 0.29) is 0 Å². The number of benzene rings is 1. The van der Waals surface area contributed by atoms with Gasteiger partial charge < -0.3 is 10.1 Å². The zero-order valence-electron chi connectivity index (χ0n) is 11.6. The predicted molar refractivity (Wildman–Crippen MR) is 78.9 cm³/mol. The number of aryl methyl sites for hydroxylation is 1. The number of rotatable bonds is 3. The molecule has 1 heterocycles. The van der Waals surface area contributed by atoms with Crippen molar-refractivity contribution in [3.05, 3.63) is 30.0 Å². The van der Waals surface area contributed by atoms with Crippen molar-refractivity contribution >= 4 is 16.5 Å². The van der Waals surface area contributed by atoms with E-state index in [1.54, 1.807) is 7.11 Å². The number of nitrogens with one attached hydrogen (secondary N) is 1. The summed E-state index contributed by atoms with van der Waals surface area (Å²) in [6.07, 6.45) is 5.23. The summed E-state index contributed by atoms with van der Waals surface area (Å²) < 4.78 is 5.39. The molecule has 100 valence electrons. The molecule has 1 aromatic heterocycles. The van der Waals surface area contributed by atoms with Gasteiger partial charge in [-0.2, -0.15) is 0 Å². The van der Waals surface area contributed by atoms with E-state index >= 15 is 0 Å². The molecular formula is C16H20N2O. The Morgan fingerprint density at radius 1 is 1.21 bits per heavy atom. The van der Waals surface area contributed by atoms with Crippen molar-refractivity contribution < 1.29 is 4.74 Å². The van der Waals surface area contributed by atoms with Crippen molar-refractivity contribution in [1.82, 2.24) is 4.98 Å². The van der Waals surface area contributed by atoms with Crippen LogP contribution in [0.5, 0.6) is 5.88 Å². The largest absolute Gasteiger partial charge is 0.481 e. The Morgan fingerprint density at radius 3 is 2.74 bits per heavy atom. The molecule has 0 bridgehead atoms. The first kappa shape index (κ1) is 12.3. The summed E-state index contributed by atoms with van der Waals surface area (Å²) in [6.45, 7) is 2.01. The molecule has 0 amide bonds. The quantitative estimate of drug-likeness (QED) is 0.904. The van der Waals surface area contributed by atoms with Gasteiger partial charge in [0.25, 0.3) is 0 Å². The van der Waals surface area contributed by atoms with Crippen molar-refractivity contribution in [2.45, 2.75) is 38.6 Å². The molecule has 3 rings (SSSR count). The van der Waals surface area contributed by atoms with Crippen LogP contribution < -0.4 is 10.1 Å². The summed E-state index contributed by atoms with van der Waals surface area (Å²) in [7, 11) is 1.68. The third-order valence-electron chi connectivity index (χ3n) is 3.88. The fraction of sp³-hybridized carbons (Fsp3) is 0.438. The summed E-state index contributed by atoms with van der Waals surface area (Å²) in [5.74, 6) is 0.713. The second-order valence-corrected chi connectivity index (χ2v) is 5.30. The molecule has 1 aliphatic rings. The van der Waals surface area contributed by atoms with Crippen LogP contribution in [0, 0.1) is 6.92 Å². The van der Waals surface area contributed by atoms with E-state index in [1.807, 2.05) is 6.92 Å². The Morgan fingerprint density at radius 2 is 2.00 bits per heavy atom. The van der Waals surface area contributed by atoms with E-state index in [0.717, 1.165) is 11.1 Å². The first-order chi connectivity index (χ1) is 9.28. The van der Waals surface area contributed by atoms with Crippen molar-refractivity contribution in [3.8, 4) is 5.88 Å². The Hall–Kier alpha value is -1.77. The zero-order chi connectivity index (χ0) is 13.2. The normalized spacial score (nSPS) is 15.9. The topological polar surface area (TPSA) is 34.1 Å². The molecule has 0 atom stereocenters. The summed E-state index contributed by atoms with van der Waals surface area (Å²) in [4.78, 5) is 4.44. The highest BCUT2D eigenvalue weighted by Crippen LogP contribution is 2.32. The van der Waals surface area contributed by atoms with Crippen LogP contribution in [0.15, 0.2) is 24.3 Å². The van der Waals surface area contributed by atoms with Crippen LogP contribution in [0.3, 0.4) is 0 Å². The fourth-order valence-electron chi connectivity index (χ4n) is 2.94. The average molecular weight is 256 g/mol. The minimum absolute atomic E-state index is 0.616. The number of nitrogens with zero attached hydrogens (tertiary/aromatic N) is 1. The van der Waals surface area contributed by atoms with Gasteiger partial charge in [-0.1, -0.05) is 18.9 Å². The molecule has 2 aromatic rings. The van der Waals surface area contributed by atoms with E-state index in [2.05, 4.69) is 34.6 Å². The van der Waals surface area contributed by atoms with Crippen molar-refractivity contribution in [1.29, 1.82) is 0 Å². The van der Waals surface area contributed by atoms with Gasteiger partial charge in [-0.15, -0.1) is 0 Å². The van der Waals surface area contributed by atoms with Crippen LogP contribution in [-0.2, 0) is 0 Å². The van der Waals surface area contributed by atoms with Crippen LogP contribution in [0.1, 0.15) is 31.4 Å². The number of aromatic nitrogens is 1. The van der Waals surface area contributed by atoms with Crippen molar-refractivity contribution in [3.63, 3.8) is 0 Å². The molecule has 0 spiro atoms. The fourth-order valence-corrected chi connectivity index (χ4v) is 2.94. The maximum atomic E-state index is 5.39. The highest BCUT2D eigenvalue weighted by Gasteiger charge is 2.16. The standard InChI is InChI=1S/C16H20N2O/c1-11-10-14-13(16(17-11)19-2)8-5-9-15(14)18-12-6-3-4-7-12/h5,8-10,12,18H,3-4,6-7H2,1-2H3. The smallest absolute Gasteiger partial charge is 0.221 e. The molecule has 1 fully saturated rings. The molecule has 19 heavy (non-hydrogen) atoms. The minimum Gasteiger partial charge on any atom is -0.481 e. The molecule has 0 unspecified atom stereocenters. The lowest BCUT2D eigenvalue weighted by Crippen LogP contribution is -2.14. The van der Waals surface area contributed by atoms with Gasteiger partial charge in [-0.3, -0.25) is 0 Å². The van der Waals surface area contributed by atoms with Crippen LogP contribution in [0.2, 0.25) is 0 Å². The maximum Gasteiger partial charge on any atom is 0.221 e. The number of methoxy groups -OCH3 is 1. The number of ether oxygens (including phenoxy) is 1. The molecular weight excluding hydrogens is 236 g/mol. The van der Waals surface area contributed by atoms with Gasteiger partial charge in [0.2, 0.25) is 5.88 Å². The predicted octanol–water partition coefficient (Wildman–Crippen LogP) is 3.91. The number of hydrogen-bond donors (Lipinski definition) is 1. The Bertz CT molecular complexity index is 589. The van der Waals surface area contributed by atoms with Gasteiger partial charge in [-0.25, -0.2) is 4.98 Å². The summed E-state index contributed by atoms with van der Waals surface area (Å²) in [5, 5.41) is 5.97. The van der Waals surface area contributed by atoms with Gasteiger partial charge in [0.15, 0.2) is 0 Å². The van der Waals surface area contributed by atoms with E-state index in [1.165, 1.54) is 36.8 Å². The lowest BCUT2D eigenvalue weighted by molar-refractivity contribution is 0.402. The molecule has 1 N–H and O–H groups in total. The Balaban J connectivity index is 2.06. The summed E-state index contributed by atoms with van der Waals surface area (Å²) in [5.41, 5.74) is 2.19. The number of hydrogen-bond acceptors (Lipinski definition) is 3. The zero-order valence-corrected chi connectivity index (χ0v) is 11.6. The lowest BCUT2D eigenvalue weighted by atomic mass is 10.1. The Labute approximate surface area is 114 Å². The van der Waals surface area contributed by atoms with E-state index in [4.69, 9.17) is 4.74 Å². The van der Waals surface area contributed by atoms with E-state index in [0.29, 0.717) is 11.9 Å². The SMILES string of the molecule is COc1nc(C)cc2c(NC3CCCC3)cccc12. The summed E-state index contributed by atoms with van der Waals surface area (Å²) >= 11 is 0. The first-order valence-electron chi connectivity index (χ1n) is 6.99. The molecule has 1 aromatic carbocycles. The average Bonchev–Trinajstić information content (AvgIpc) is 2.91. The third-order valence-corrected chi connectivity index (χ3v) is 3.88. The highest BCUT2D eigenvalue weighted by molar-refractivity contribution is 5.97. The second kappa shape index (κ2) is 5.08. The minimum atomic E-state index is 0.616. The van der Waals surface area contributed by atoms with Gasteiger partial charge in [-0.05, 0) is 38.0 Å². The Kier molecular flexibility index (Phi) is 3.28. The number of fused-ring (bicyclic) bond motifs is 1. The lowest BCUT2D eigenvalue weighted by Gasteiger charge is -2.16. The molecule has 0 aliphatic heterocycles. The number of pyridine rings is 1.